The summed E-state index contributed by atoms with van der Waals surface area (Å²) in [7, 11) is 0. The first-order valence-electron chi connectivity index (χ1n) is 8.67. The number of fused-ring (bicyclic) bond motifs is 1. The van der Waals surface area contributed by atoms with Gasteiger partial charge in [0.05, 0.1) is 0 Å². The maximum Gasteiger partial charge on any atom is 0.321 e. The highest BCUT2D eigenvalue weighted by atomic mass is 32.1. The molecular formula is C19H19N5OS. The Kier molecular flexibility index (Phi) is 4.88. The topological polar surface area (TPSA) is 79.8 Å². The third-order valence-corrected chi connectivity index (χ3v) is 5.39. The summed E-state index contributed by atoms with van der Waals surface area (Å²) < 4.78 is 0. The van der Waals surface area contributed by atoms with E-state index >= 15 is 0 Å². The number of anilines is 1. The number of urea groups is 1. The summed E-state index contributed by atoms with van der Waals surface area (Å²) >= 11 is 1.31. The zero-order valence-electron chi connectivity index (χ0n) is 14.2. The summed E-state index contributed by atoms with van der Waals surface area (Å²) in [5, 5.41) is 15.0. The fourth-order valence-corrected chi connectivity index (χ4v) is 4.01. The maximum absolute atomic E-state index is 12.2. The average molecular weight is 365 g/mol. The molecule has 1 aliphatic rings. The van der Waals surface area contributed by atoms with Crippen molar-refractivity contribution in [2.75, 3.05) is 11.9 Å². The number of aromatic nitrogens is 3. The summed E-state index contributed by atoms with van der Waals surface area (Å²) in [6.07, 6.45) is 5.09. The van der Waals surface area contributed by atoms with Crippen molar-refractivity contribution >= 4 is 22.5 Å². The molecule has 3 aromatic rings. The summed E-state index contributed by atoms with van der Waals surface area (Å²) in [6, 6.07) is 13.9. The van der Waals surface area contributed by atoms with Crippen LogP contribution in [0.1, 0.15) is 29.9 Å². The van der Waals surface area contributed by atoms with Gasteiger partial charge < -0.3 is 5.32 Å². The molecule has 0 saturated carbocycles. The Balaban J connectivity index is 1.35. The molecule has 2 aromatic heterocycles. The Labute approximate surface area is 155 Å². The van der Waals surface area contributed by atoms with E-state index in [2.05, 4.69) is 50.1 Å². The van der Waals surface area contributed by atoms with Crippen LogP contribution >= 0.6 is 11.3 Å². The van der Waals surface area contributed by atoms with E-state index in [4.69, 9.17) is 0 Å². The number of carbonyl (C=O) groups excluding carboxylic acids is 1. The number of pyridine rings is 1. The van der Waals surface area contributed by atoms with E-state index in [1.165, 1.54) is 22.5 Å². The molecule has 6 nitrogen and oxygen atoms in total. The smallest absolute Gasteiger partial charge is 0.321 e. The van der Waals surface area contributed by atoms with Crippen LogP contribution in [0.3, 0.4) is 0 Å². The molecule has 1 aliphatic carbocycles. The van der Waals surface area contributed by atoms with E-state index in [9.17, 15) is 4.79 Å². The van der Waals surface area contributed by atoms with Crippen LogP contribution < -0.4 is 10.6 Å². The monoisotopic (exact) mass is 365 g/mol. The Morgan fingerprint density at radius 3 is 2.92 bits per heavy atom. The second-order valence-corrected chi connectivity index (χ2v) is 7.23. The first-order valence-corrected chi connectivity index (χ1v) is 9.49. The van der Waals surface area contributed by atoms with E-state index in [1.54, 1.807) is 6.20 Å². The van der Waals surface area contributed by atoms with Gasteiger partial charge in [0.2, 0.25) is 5.13 Å². The molecule has 0 fully saturated rings. The quantitative estimate of drug-likeness (QED) is 0.736. The molecule has 2 N–H and O–H groups in total. The lowest BCUT2D eigenvalue weighted by Crippen LogP contribution is -2.33. The van der Waals surface area contributed by atoms with Crippen molar-refractivity contribution < 1.29 is 4.79 Å². The van der Waals surface area contributed by atoms with Crippen LogP contribution in [0.4, 0.5) is 9.93 Å². The van der Waals surface area contributed by atoms with Crippen molar-refractivity contribution in [3.8, 4) is 10.7 Å². The minimum absolute atomic E-state index is 0.253. The average Bonchev–Trinajstić information content (AvgIpc) is 3.15. The number of aryl methyl sites for hydroxylation is 1. The van der Waals surface area contributed by atoms with Gasteiger partial charge in [-0.25, -0.2) is 4.79 Å². The van der Waals surface area contributed by atoms with Crippen LogP contribution in [-0.4, -0.2) is 27.8 Å². The number of rotatable bonds is 4. The predicted octanol–water partition coefficient (Wildman–Crippen LogP) is 3.84. The van der Waals surface area contributed by atoms with Gasteiger partial charge in [0.25, 0.3) is 0 Å². The fourth-order valence-electron chi connectivity index (χ4n) is 3.29. The standard InChI is InChI=1S/C19H19N5OS/c25-18(21-12-14-8-5-7-13-6-1-2-9-15(13)14)22-19-24-23-17(26-19)16-10-3-4-11-20-16/h1-4,6,9-11,14H,5,7-8,12H2,(H2,21,22,24,25). The first-order chi connectivity index (χ1) is 12.8. The Hall–Kier alpha value is -2.80. The Morgan fingerprint density at radius 1 is 1.15 bits per heavy atom. The molecule has 132 valence electrons. The van der Waals surface area contributed by atoms with Crippen LogP contribution in [0.15, 0.2) is 48.7 Å². The first kappa shape index (κ1) is 16.7. The van der Waals surface area contributed by atoms with Crippen LogP contribution in [0.25, 0.3) is 10.7 Å². The van der Waals surface area contributed by atoms with Gasteiger partial charge in [0, 0.05) is 18.7 Å². The number of amides is 2. The highest BCUT2D eigenvalue weighted by Crippen LogP contribution is 2.31. The number of nitrogens with zero attached hydrogens (tertiary/aromatic N) is 3. The molecule has 0 bridgehead atoms. The molecule has 7 heteroatoms. The van der Waals surface area contributed by atoms with Crippen molar-refractivity contribution in [1.82, 2.24) is 20.5 Å². The second kappa shape index (κ2) is 7.61. The molecule has 1 atom stereocenters. The molecule has 2 amide bonds. The largest absolute Gasteiger partial charge is 0.337 e. The minimum Gasteiger partial charge on any atom is -0.337 e. The van der Waals surface area contributed by atoms with Gasteiger partial charge in [0.15, 0.2) is 5.01 Å². The zero-order valence-corrected chi connectivity index (χ0v) is 15.0. The van der Waals surface area contributed by atoms with Gasteiger partial charge in [0.1, 0.15) is 5.69 Å². The summed E-state index contributed by atoms with van der Waals surface area (Å²) in [5.74, 6) is 0.365. The van der Waals surface area contributed by atoms with Crippen molar-refractivity contribution in [2.24, 2.45) is 0 Å². The molecule has 0 radical (unpaired) electrons. The molecule has 0 aliphatic heterocycles. The van der Waals surface area contributed by atoms with Gasteiger partial charge in [-0.15, -0.1) is 10.2 Å². The van der Waals surface area contributed by atoms with Gasteiger partial charge in [-0.2, -0.15) is 0 Å². The van der Waals surface area contributed by atoms with Crippen molar-refractivity contribution in [1.29, 1.82) is 0 Å². The van der Waals surface area contributed by atoms with E-state index in [0.29, 0.717) is 22.6 Å². The van der Waals surface area contributed by atoms with E-state index in [-0.39, 0.29) is 6.03 Å². The summed E-state index contributed by atoms with van der Waals surface area (Å²) in [6.45, 7) is 0.620. The molecule has 4 rings (SSSR count). The van der Waals surface area contributed by atoms with Crippen LogP contribution in [0.5, 0.6) is 0 Å². The van der Waals surface area contributed by atoms with Crippen LogP contribution in [-0.2, 0) is 6.42 Å². The lowest BCUT2D eigenvalue weighted by molar-refractivity contribution is 0.251. The van der Waals surface area contributed by atoms with Crippen molar-refractivity contribution in [2.45, 2.75) is 25.2 Å². The maximum atomic E-state index is 12.2. The third kappa shape index (κ3) is 3.72. The molecule has 2 heterocycles. The second-order valence-electron chi connectivity index (χ2n) is 6.25. The van der Waals surface area contributed by atoms with Crippen molar-refractivity contribution in [3.63, 3.8) is 0 Å². The number of hydrogen-bond donors (Lipinski definition) is 2. The SMILES string of the molecule is O=C(NCC1CCCc2ccccc21)Nc1nnc(-c2ccccn2)s1. The van der Waals surface area contributed by atoms with Gasteiger partial charge in [-0.1, -0.05) is 41.7 Å². The molecule has 0 saturated heterocycles. The van der Waals surface area contributed by atoms with Crippen molar-refractivity contribution in [3.05, 3.63) is 59.8 Å². The van der Waals surface area contributed by atoms with E-state index in [1.807, 2.05) is 18.2 Å². The number of nitrogens with one attached hydrogen (secondary N) is 2. The van der Waals surface area contributed by atoms with Gasteiger partial charge in [-0.3, -0.25) is 10.3 Å². The number of hydrogen-bond acceptors (Lipinski definition) is 5. The van der Waals surface area contributed by atoms with Crippen LogP contribution in [0, 0.1) is 0 Å². The normalized spacial score (nSPS) is 15.9. The Morgan fingerprint density at radius 2 is 2.04 bits per heavy atom. The molecular weight excluding hydrogens is 346 g/mol. The fraction of sp³-hybridized carbons (Fsp3) is 0.263. The van der Waals surface area contributed by atoms with E-state index < -0.39 is 0 Å². The zero-order chi connectivity index (χ0) is 17.8. The third-order valence-electron chi connectivity index (χ3n) is 4.53. The Bertz CT molecular complexity index is 896. The highest BCUT2D eigenvalue weighted by molar-refractivity contribution is 7.18. The molecule has 1 unspecified atom stereocenters. The number of benzene rings is 1. The number of carbonyl (C=O) groups is 1. The van der Waals surface area contributed by atoms with E-state index in [0.717, 1.165) is 25.0 Å². The summed E-state index contributed by atoms with van der Waals surface area (Å²) in [4.78, 5) is 16.5. The molecule has 0 spiro atoms. The minimum atomic E-state index is -0.253. The molecule has 1 aromatic carbocycles. The summed E-state index contributed by atoms with van der Waals surface area (Å²) in [5.41, 5.74) is 3.50. The van der Waals surface area contributed by atoms with Gasteiger partial charge >= 0.3 is 6.03 Å². The van der Waals surface area contributed by atoms with Gasteiger partial charge in [-0.05, 0) is 42.5 Å². The highest BCUT2D eigenvalue weighted by Gasteiger charge is 2.20. The predicted molar refractivity (Wildman–Crippen MR) is 102 cm³/mol. The molecule has 26 heavy (non-hydrogen) atoms. The lowest BCUT2D eigenvalue weighted by atomic mass is 9.83. The lowest BCUT2D eigenvalue weighted by Gasteiger charge is -2.25. The van der Waals surface area contributed by atoms with Crippen LogP contribution in [0.2, 0.25) is 0 Å².